The second-order valence-corrected chi connectivity index (χ2v) is 7.87. The minimum absolute atomic E-state index is 0.208. The summed E-state index contributed by atoms with van der Waals surface area (Å²) in [6.45, 7) is 0.389. The lowest BCUT2D eigenvalue weighted by atomic mass is 10.0. The van der Waals surface area contributed by atoms with E-state index < -0.39 is 0 Å². The predicted octanol–water partition coefficient (Wildman–Crippen LogP) is 5.77. The number of carbonyl (C=O) groups excluding carboxylic acids is 1. The Balaban J connectivity index is 1.49. The number of fused-ring (bicyclic) bond motifs is 1. The molecule has 1 amide bonds. The van der Waals surface area contributed by atoms with Crippen LogP contribution in [-0.4, -0.2) is 19.2 Å². The van der Waals surface area contributed by atoms with E-state index >= 15 is 0 Å². The molecule has 33 heavy (non-hydrogen) atoms. The second kappa shape index (κ2) is 10.7. The van der Waals surface area contributed by atoms with E-state index in [0.717, 1.165) is 33.2 Å². The molecule has 0 spiro atoms. The van der Waals surface area contributed by atoms with E-state index in [1.165, 1.54) is 0 Å². The van der Waals surface area contributed by atoms with Crippen LogP contribution >= 0.6 is 11.6 Å². The third-order valence-electron chi connectivity index (χ3n) is 5.14. The van der Waals surface area contributed by atoms with Crippen molar-refractivity contribution in [1.82, 2.24) is 5.43 Å². The number of amides is 1. The van der Waals surface area contributed by atoms with Gasteiger partial charge in [-0.05, 0) is 52.2 Å². The lowest BCUT2D eigenvalue weighted by molar-refractivity contribution is -0.120. The van der Waals surface area contributed by atoms with Crippen LogP contribution in [0.5, 0.6) is 11.5 Å². The summed E-state index contributed by atoms with van der Waals surface area (Å²) in [6.07, 6.45) is 1.85. The fourth-order valence-corrected chi connectivity index (χ4v) is 3.54. The van der Waals surface area contributed by atoms with E-state index in [1.807, 2.05) is 84.9 Å². The summed E-state index contributed by atoms with van der Waals surface area (Å²) in [5.74, 6) is 1.22. The van der Waals surface area contributed by atoms with Crippen molar-refractivity contribution in [2.75, 3.05) is 7.11 Å². The van der Waals surface area contributed by atoms with Gasteiger partial charge in [-0.3, -0.25) is 4.79 Å². The zero-order chi connectivity index (χ0) is 23.0. The minimum atomic E-state index is -0.208. The summed E-state index contributed by atoms with van der Waals surface area (Å²) in [4.78, 5) is 12.3. The van der Waals surface area contributed by atoms with Crippen LogP contribution < -0.4 is 14.9 Å². The lowest BCUT2D eigenvalue weighted by Gasteiger charge is -2.12. The highest BCUT2D eigenvalue weighted by molar-refractivity contribution is 6.30. The highest BCUT2D eigenvalue weighted by Crippen LogP contribution is 2.27. The number of rotatable bonds is 8. The molecule has 166 valence electrons. The van der Waals surface area contributed by atoms with Gasteiger partial charge in [0, 0.05) is 10.6 Å². The number of hydrogen-bond donors (Lipinski definition) is 1. The Bertz CT molecular complexity index is 1270. The minimum Gasteiger partial charge on any atom is -0.497 e. The van der Waals surface area contributed by atoms with Gasteiger partial charge in [-0.15, -0.1) is 0 Å². The molecule has 0 aromatic heterocycles. The smallest absolute Gasteiger partial charge is 0.244 e. The molecule has 0 saturated carbocycles. The molecule has 0 aliphatic carbocycles. The standard InChI is InChI=1S/C27H23ClN2O3/c1-32-23-13-8-19(9-14-23)16-27(31)30-29-17-25-24-5-3-2-4-21(24)10-15-26(25)33-18-20-6-11-22(28)12-7-20/h2-15,17H,16,18H2,1H3,(H,30,31)/b29-17+. The van der Waals surface area contributed by atoms with Gasteiger partial charge in [-0.1, -0.05) is 66.2 Å². The van der Waals surface area contributed by atoms with Gasteiger partial charge in [0.15, 0.2) is 0 Å². The summed E-state index contributed by atoms with van der Waals surface area (Å²) in [6, 6.07) is 26.8. The average Bonchev–Trinajstić information content (AvgIpc) is 2.84. The summed E-state index contributed by atoms with van der Waals surface area (Å²) >= 11 is 5.97. The molecule has 6 heteroatoms. The van der Waals surface area contributed by atoms with Crippen LogP contribution in [-0.2, 0) is 17.8 Å². The van der Waals surface area contributed by atoms with Crippen LogP contribution in [0, 0.1) is 0 Å². The van der Waals surface area contributed by atoms with Gasteiger partial charge >= 0.3 is 0 Å². The molecule has 4 rings (SSSR count). The quantitative estimate of drug-likeness (QED) is 0.269. The van der Waals surface area contributed by atoms with E-state index in [2.05, 4.69) is 10.5 Å². The number of nitrogens with one attached hydrogen (secondary N) is 1. The SMILES string of the molecule is COc1ccc(CC(=O)N/N=C/c2c(OCc3ccc(Cl)cc3)ccc3ccccc23)cc1. The number of methoxy groups -OCH3 is 1. The molecule has 0 aliphatic rings. The zero-order valence-electron chi connectivity index (χ0n) is 18.1. The molecular formula is C27H23ClN2O3. The molecule has 0 bridgehead atoms. The van der Waals surface area contributed by atoms with Crippen molar-refractivity contribution in [1.29, 1.82) is 0 Å². The maximum Gasteiger partial charge on any atom is 0.244 e. The van der Waals surface area contributed by atoms with Crippen LogP contribution in [0.3, 0.4) is 0 Å². The molecule has 0 fully saturated rings. The van der Waals surface area contributed by atoms with Gasteiger partial charge in [-0.25, -0.2) is 5.43 Å². The van der Waals surface area contributed by atoms with Crippen LogP contribution in [0.1, 0.15) is 16.7 Å². The second-order valence-electron chi connectivity index (χ2n) is 7.43. The van der Waals surface area contributed by atoms with Crippen molar-refractivity contribution in [2.45, 2.75) is 13.0 Å². The molecule has 0 aliphatic heterocycles. The highest BCUT2D eigenvalue weighted by Gasteiger charge is 2.09. The Morgan fingerprint density at radius 3 is 2.42 bits per heavy atom. The molecule has 4 aromatic rings. The van der Waals surface area contributed by atoms with E-state index in [9.17, 15) is 4.79 Å². The normalized spacial score (nSPS) is 11.0. The molecular weight excluding hydrogens is 436 g/mol. The van der Waals surface area contributed by atoms with Crippen LogP contribution in [0.4, 0.5) is 0 Å². The van der Waals surface area contributed by atoms with E-state index in [0.29, 0.717) is 17.4 Å². The number of carbonyl (C=O) groups is 1. The first-order chi connectivity index (χ1) is 16.1. The largest absolute Gasteiger partial charge is 0.497 e. The number of nitrogens with zero attached hydrogens (tertiary/aromatic N) is 1. The van der Waals surface area contributed by atoms with Gasteiger partial charge in [0.05, 0.1) is 19.7 Å². The molecule has 5 nitrogen and oxygen atoms in total. The third kappa shape index (κ3) is 5.90. The van der Waals surface area contributed by atoms with Gasteiger partial charge < -0.3 is 9.47 Å². The fraction of sp³-hybridized carbons (Fsp3) is 0.111. The Kier molecular flexibility index (Phi) is 7.22. The number of halogens is 1. The monoisotopic (exact) mass is 458 g/mol. The summed E-state index contributed by atoms with van der Waals surface area (Å²) < 4.78 is 11.2. The topological polar surface area (TPSA) is 59.9 Å². The summed E-state index contributed by atoms with van der Waals surface area (Å²) in [7, 11) is 1.61. The van der Waals surface area contributed by atoms with Crippen molar-refractivity contribution in [3.63, 3.8) is 0 Å². The van der Waals surface area contributed by atoms with Gasteiger partial charge in [-0.2, -0.15) is 5.10 Å². The Labute approximate surface area is 197 Å². The lowest BCUT2D eigenvalue weighted by Crippen LogP contribution is -2.19. The molecule has 0 saturated heterocycles. The molecule has 4 aromatic carbocycles. The van der Waals surface area contributed by atoms with E-state index in [-0.39, 0.29) is 12.3 Å². The van der Waals surface area contributed by atoms with Crippen molar-refractivity contribution in [3.05, 3.63) is 107 Å². The van der Waals surface area contributed by atoms with Crippen LogP contribution in [0.25, 0.3) is 10.8 Å². The fourth-order valence-electron chi connectivity index (χ4n) is 3.41. The van der Waals surface area contributed by atoms with Gasteiger partial charge in [0.2, 0.25) is 5.91 Å². The highest BCUT2D eigenvalue weighted by atomic mass is 35.5. The van der Waals surface area contributed by atoms with Crippen molar-refractivity contribution in [2.24, 2.45) is 5.10 Å². The Morgan fingerprint density at radius 1 is 0.939 bits per heavy atom. The molecule has 0 radical (unpaired) electrons. The zero-order valence-corrected chi connectivity index (χ0v) is 18.9. The van der Waals surface area contributed by atoms with Crippen molar-refractivity contribution >= 4 is 34.5 Å². The van der Waals surface area contributed by atoms with Gasteiger partial charge in [0.25, 0.3) is 0 Å². The van der Waals surface area contributed by atoms with Gasteiger partial charge in [0.1, 0.15) is 18.1 Å². The summed E-state index contributed by atoms with van der Waals surface area (Å²) in [5.41, 5.74) is 5.29. The van der Waals surface area contributed by atoms with E-state index in [1.54, 1.807) is 13.3 Å². The Morgan fingerprint density at radius 2 is 1.67 bits per heavy atom. The Hall–Kier alpha value is -3.83. The maximum atomic E-state index is 12.3. The van der Waals surface area contributed by atoms with Crippen LogP contribution in [0.2, 0.25) is 5.02 Å². The molecule has 0 unspecified atom stereocenters. The third-order valence-corrected chi connectivity index (χ3v) is 5.40. The average molecular weight is 459 g/mol. The number of ether oxygens (including phenoxy) is 2. The van der Waals surface area contributed by atoms with Crippen molar-refractivity contribution in [3.8, 4) is 11.5 Å². The predicted molar refractivity (Wildman–Crippen MR) is 132 cm³/mol. The first-order valence-corrected chi connectivity index (χ1v) is 10.8. The molecule has 0 atom stereocenters. The van der Waals surface area contributed by atoms with E-state index in [4.69, 9.17) is 21.1 Å². The molecule has 0 heterocycles. The number of hydrogen-bond acceptors (Lipinski definition) is 4. The van der Waals surface area contributed by atoms with Crippen LogP contribution in [0.15, 0.2) is 90.0 Å². The first kappa shape index (κ1) is 22.4. The first-order valence-electron chi connectivity index (χ1n) is 10.5. The van der Waals surface area contributed by atoms with Crippen molar-refractivity contribution < 1.29 is 14.3 Å². The maximum absolute atomic E-state index is 12.3. The summed E-state index contributed by atoms with van der Waals surface area (Å²) in [5, 5.41) is 6.93. The number of hydrazone groups is 1. The number of benzene rings is 4. The molecule has 1 N–H and O–H groups in total.